The molecule has 0 aliphatic heterocycles. The molecule has 0 amide bonds. The quantitative estimate of drug-likeness (QED) is 0.503. The maximum absolute atomic E-state index is 11.9. The molecule has 0 spiro atoms. The molecule has 106 valence electrons. The summed E-state index contributed by atoms with van der Waals surface area (Å²) in [6, 6.07) is 4.91. The number of halogens is 6. The summed E-state index contributed by atoms with van der Waals surface area (Å²) >= 11 is 16.2. The van der Waals surface area contributed by atoms with Gasteiger partial charge in [0.25, 0.3) is 3.79 Å². The fourth-order valence-electron chi connectivity index (χ4n) is 1.02. The number of hydrogen-bond donors (Lipinski definition) is 1. The van der Waals surface area contributed by atoms with E-state index >= 15 is 0 Å². The van der Waals surface area contributed by atoms with Crippen molar-refractivity contribution < 1.29 is 22.6 Å². The number of rotatable bonds is 3. The molecule has 0 heterocycles. The summed E-state index contributed by atoms with van der Waals surface area (Å²) in [7, 11) is 0. The van der Waals surface area contributed by atoms with Gasteiger partial charge in [-0.25, -0.2) is 0 Å². The van der Waals surface area contributed by atoms with Crippen LogP contribution in [0.2, 0.25) is 0 Å². The molecule has 0 bridgehead atoms. The molecule has 0 saturated carbocycles. The fourth-order valence-corrected chi connectivity index (χ4v) is 1.19. The lowest BCUT2D eigenvalue weighted by Crippen LogP contribution is -2.21. The third-order valence-corrected chi connectivity index (χ3v) is 2.31. The molecule has 0 aromatic heterocycles. The monoisotopic (exact) mass is 335 g/mol. The number of hydrogen-bond acceptors (Lipinski definition) is 3. The molecule has 0 fully saturated rings. The van der Waals surface area contributed by atoms with Gasteiger partial charge in [-0.3, -0.25) is 5.41 Å². The fraction of sp³-hybridized carbons (Fsp3) is 0.300. The summed E-state index contributed by atoms with van der Waals surface area (Å²) in [5.41, 5.74) is 0.494. The Morgan fingerprint density at radius 3 is 2.05 bits per heavy atom. The van der Waals surface area contributed by atoms with Crippen molar-refractivity contribution in [1.82, 2.24) is 0 Å². The van der Waals surface area contributed by atoms with Gasteiger partial charge in [-0.1, -0.05) is 46.9 Å². The van der Waals surface area contributed by atoms with E-state index in [1.165, 1.54) is 12.1 Å². The van der Waals surface area contributed by atoms with Crippen molar-refractivity contribution in [2.24, 2.45) is 0 Å². The Bertz CT molecular complexity index is 443. The minimum absolute atomic E-state index is 0.112. The minimum Gasteiger partial charge on any atom is -0.473 e. The van der Waals surface area contributed by atoms with E-state index in [4.69, 9.17) is 44.9 Å². The van der Waals surface area contributed by atoms with E-state index in [1.54, 1.807) is 0 Å². The molecule has 0 unspecified atom stereocenters. The van der Waals surface area contributed by atoms with Crippen molar-refractivity contribution in [3.05, 3.63) is 29.8 Å². The maximum Gasteiger partial charge on any atom is 0.573 e. The van der Waals surface area contributed by atoms with E-state index in [0.29, 0.717) is 5.56 Å². The molecule has 0 aliphatic carbocycles. The van der Waals surface area contributed by atoms with Gasteiger partial charge in [0.15, 0.2) is 0 Å². The first kappa shape index (κ1) is 16.2. The summed E-state index contributed by atoms with van der Waals surface area (Å²) in [6.45, 7) is -0.112. The van der Waals surface area contributed by atoms with Crippen molar-refractivity contribution >= 4 is 40.7 Å². The molecule has 0 atom stereocenters. The Morgan fingerprint density at radius 1 is 1.11 bits per heavy atom. The van der Waals surface area contributed by atoms with Crippen LogP contribution in [0.5, 0.6) is 5.75 Å². The normalized spacial score (nSPS) is 12.1. The van der Waals surface area contributed by atoms with Gasteiger partial charge in [0, 0.05) is 0 Å². The highest BCUT2D eigenvalue weighted by atomic mass is 35.6. The Kier molecular flexibility index (Phi) is 5.18. The molecule has 0 aliphatic rings. The van der Waals surface area contributed by atoms with Crippen molar-refractivity contribution in [1.29, 1.82) is 5.41 Å². The molecule has 0 radical (unpaired) electrons. The SMILES string of the molecule is N=C(OCc1ccc(OC(F)(F)F)cc1)C(Cl)(Cl)Cl. The van der Waals surface area contributed by atoms with Gasteiger partial charge < -0.3 is 9.47 Å². The lowest BCUT2D eigenvalue weighted by atomic mass is 10.2. The van der Waals surface area contributed by atoms with Crippen molar-refractivity contribution in [3.8, 4) is 5.75 Å². The average Bonchev–Trinajstić information content (AvgIpc) is 2.24. The second kappa shape index (κ2) is 6.07. The van der Waals surface area contributed by atoms with Crippen molar-refractivity contribution in [2.45, 2.75) is 16.8 Å². The predicted octanol–water partition coefficient (Wildman–Crippen LogP) is 4.45. The summed E-state index contributed by atoms with van der Waals surface area (Å²) in [5, 5.41) is 7.26. The topological polar surface area (TPSA) is 42.3 Å². The minimum atomic E-state index is -4.74. The standard InChI is InChI=1S/C10H7Cl3F3NO2/c11-9(12,13)8(17)18-5-6-1-3-7(4-2-6)19-10(14,15)16/h1-4,17H,5H2. The van der Waals surface area contributed by atoms with E-state index in [-0.39, 0.29) is 12.4 Å². The molecular weight excluding hydrogens is 329 g/mol. The molecule has 1 rings (SSSR count). The van der Waals surface area contributed by atoms with Crippen LogP contribution in [0, 0.1) is 5.41 Å². The highest BCUT2D eigenvalue weighted by molar-refractivity contribution is 6.75. The predicted molar refractivity (Wildman–Crippen MR) is 65.9 cm³/mol. The van der Waals surface area contributed by atoms with Gasteiger partial charge in [-0.2, -0.15) is 0 Å². The van der Waals surface area contributed by atoms with Crippen LogP contribution < -0.4 is 4.74 Å². The number of alkyl halides is 6. The second-order valence-electron chi connectivity index (χ2n) is 3.31. The highest BCUT2D eigenvalue weighted by Gasteiger charge is 2.31. The van der Waals surface area contributed by atoms with E-state index < -0.39 is 16.1 Å². The lowest BCUT2D eigenvalue weighted by molar-refractivity contribution is -0.274. The average molecular weight is 337 g/mol. The van der Waals surface area contributed by atoms with Gasteiger partial charge in [-0.15, -0.1) is 13.2 Å². The van der Waals surface area contributed by atoms with Crippen molar-refractivity contribution in [3.63, 3.8) is 0 Å². The molecule has 0 saturated heterocycles. The Morgan fingerprint density at radius 2 is 1.63 bits per heavy atom. The lowest BCUT2D eigenvalue weighted by Gasteiger charge is -2.14. The van der Waals surface area contributed by atoms with E-state index in [0.717, 1.165) is 12.1 Å². The summed E-state index contributed by atoms with van der Waals surface area (Å²) in [5.74, 6) is -0.930. The smallest absolute Gasteiger partial charge is 0.473 e. The van der Waals surface area contributed by atoms with Gasteiger partial charge in [0.1, 0.15) is 12.4 Å². The van der Waals surface area contributed by atoms with E-state index in [1.807, 2.05) is 0 Å². The molecule has 3 nitrogen and oxygen atoms in total. The van der Waals surface area contributed by atoms with Crippen LogP contribution >= 0.6 is 34.8 Å². The Hall–Kier alpha value is -0.850. The van der Waals surface area contributed by atoms with Gasteiger partial charge in [0.2, 0.25) is 5.90 Å². The molecule has 1 N–H and O–H groups in total. The van der Waals surface area contributed by atoms with Crippen LogP contribution in [0.3, 0.4) is 0 Å². The first-order valence-electron chi connectivity index (χ1n) is 4.71. The zero-order valence-electron chi connectivity index (χ0n) is 9.10. The molecule has 1 aromatic rings. The highest BCUT2D eigenvalue weighted by Crippen LogP contribution is 2.28. The first-order valence-corrected chi connectivity index (χ1v) is 5.84. The Balaban J connectivity index is 2.56. The zero-order chi connectivity index (χ0) is 14.7. The first-order chi connectivity index (χ1) is 8.58. The van der Waals surface area contributed by atoms with Crippen LogP contribution in [0.25, 0.3) is 0 Å². The van der Waals surface area contributed by atoms with Crippen LogP contribution in [0.15, 0.2) is 24.3 Å². The zero-order valence-corrected chi connectivity index (χ0v) is 11.4. The van der Waals surface area contributed by atoms with Crippen LogP contribution in [-0.2, 0) is 11.3 Å². The van der Waals surface area contributed by atoms with Gasteiger partial charge >= 0.3 is 6.36 Å². The molecule has 9 heteroatoms. The third kappa shape index (κ3) is 6.22. The maximum atomic E-state index is 11.9. The van der Waals surface area contributed by atoms with Gasteiger partial charge in [0.05, 0.1) is 0 Å². The van der Waals surface area contributed by atoms with Crippen LogP contribution in [0.4, 0.5) is 13.2 Å². The summed E-state index contributed by atoms with van der Waals surface area (Å²) in [4.78, 5) is 0. The summed E-state index contributed by atoms with van der Waals surface area (Å²) in [6.07, 6.45) is -4.74. The number of benzene rings is 1. The van der Waals surface area contributed by atoms with Crippen LogP contribution in [-0.4, -0.2) is 16.1 Å². The van der Waals surface area contributed by atoms with Crippen molar-refractivity contribution in [2.75, 3.05) is 0 Å². The summed E-state index contributed by atoms with van der Waals surface area (Å²) < 4.78 is 42.3. The largest absolute Gasteiger partial charge is 0.573 e. The van der Waals surface area contributed by atoms with E-state index in [2.05, 4.69) is 4.74 Å². The second-order valence-corrected chi connectivity index (χ2v) is 5.59. The number of ether oxygens (including phenoxy) is 2. The third-order valence-electron chi connectivity index (χ3n) is 1.80. The van der Waals surface area contributed by atoms with Gasteiger partial charge in [-0.05, 0) is 17.7 Å². The number of nitrogens with one attached hydrogen (secondary N) is 1. The van der Waals surface area contributed by atoms with E-state index in [9.17, 15) is 13.2 Å². The molecule has 1 aromatic carbocycles. The molecular formula is C10H7Cl3F3NO2. The Labute approximate surface area is 121 Å². The van der Waals surface area contributed by atoms with Crippen LogP contribution in [0.1, 0.15) is 5.56 Å². The molecule has 19 heavy (non-hydrogen) atoms.